The lowest BCUT2D eigenvalue weighted by molar-refractivity contribution is 0.238. The molecule has 0 amide bonds. The molecule has 3 rings (SSSR count). The van der Waals surface area contributed by atoms with E-state index in [9.17, 15) is 5.11 Å². The minimum Gasteiger partial charge on any atom is -0.396 e. The number of aliphatic hydroxyl groups excluding tert-OH is 1. The topological polar surface area (TPSA) is 49.2 Å². The molecule has 1 aromatic heterocycles. The number of aromatic nitrogens is 2. The molecule has 106 valence electrons. The number of hydrogen-bond acceptors (Lipinski definition) is 5. The molecular weight excluding hydrogens is 294 g/mol. The Kier molecular flexibility index (Phi) is 4.19. The molecule has 1 N–H and O–H groups in total. The molecule has 1 aliphatic heterocycles. The first-order chi connectivity index (χ1) is 9.74. The smallest absolute Gasteiger partial charge is 0.208 e. The van der Waals surface area contributed by atoms with Crippen LogP contribution in [-0.4, -0.2) is 35.0 Å². The van der Waals surface area contributed by atoms with Crippen molar-refractivity contribution in [3.63, 3.8) is 0 Å². The van der Waals surface area contributed by atoms with Crippen LogP contribution in [0.3, 0.4) is 0 Å². The molecular formula is C14H16ClN3OS. The van der Waals surface area contributed by atoms with Crippen LogP contribution in [-0.2, 0) is 6.42 Å². The molecule has 1 atom stereocenters. The highest BCUT2D eigenvalue weighted by Gasteiger charge is 2.24. The van der Waals surface area contributed by atoms with Crippen LogP contribution in [0.25, 0.3) is 0 Å². The van der Waals surface area contributed by atoms with Crippen molar-refractivity contribution >= 4 is 28.1 Å². The number of anilines is 1. The Balaban J connectivity index is 1.66. The van der Waals surface area contributed by atoms with Gasteiger partial charge in [0.1, 0.15) is 5.01 Å². The fourth-order valence-electron chi connectivity index (χ4n) is 2.38. The van der Waals surface area contributed by atoms with Gasteiger partial charge in [-0.25, -0.2) is 0 Å². The Bertz CT molecular complexity index is 572. The molecule has 1 aliphatic rings. The first-order valence-electron chi connectivity index (χ1n) is 6.67. The lowest BCUT2D eigenvalue weighted by Crippen LogP contribution is -2.20. The van der Waals surface area contributed by atoms with Crippen molar-refractivity contribution < 1.29 is 5.11 Å². The third-order valence-electron chi connectivity index (χ3n) is 3.54. The summed E-state index contributed by atoms with van der Waals surface area (Å²) in [7, 11) is 0. The number of aliphatic hydroxyl groups is 1. The van der Waals surface area contributed by atoms with Crippen LogP contribution in [0.15, 0.2) is 24.3 Å². The number of hydrogen-bond donors (Lipinski definition) is 1. The van der Waals surface area contributed by atoms with Crippen molar-refractivity contribution in [2.24, 2.45) is 5.92 Å². The maximum atomic E-state index is 9.18. The van der Waals surface area contributed by atoms with Gasteiger partial charge >= 0.3 is 0 Å². The highest BCUT2D eigenvalue weighted by Crippen LogP contribution is 2.27. The number of benzene rings is 1. The van der Waals surface area contributed by atoms with E-state index in [0.717, 1.165) is 41.1 Å². The fraction of sp³-hybridized carbons (Fsp3) is 0.429. The van der Waals surface area contributed by atoms with Crippen LogP contribution in [0.1, 0.15) is 17.0 Å². The summed E-state index contributed by atoms with van der Waals surface area (Å²) < 4.78 is 0. The summed E-state index contributed by atoms with van der Waals surface area (Å²) >= 11 is 7.51. The van der Waals surface area contributed by atoms with Gasteiger partial charge in [-0.15, -0.1) is 10.2 Å². The van der Waals surface area contributed by atoms with Crippen LogP contribution in [0.4, 0.5) is 5.13 Å². The summed E-state index contributed by atoms with van der Waals surface area (Å²) in [6.07, 6.45) is 1.81. The first-order valence-corrected chi connectivity index (χ1v) is 7.86. The summed E-state index contributed by atoms with van der Waals surface area (Å²) in [5, 5.41) is 20.4. The monoisotopic (exact) mass is 309 g/mol. The van der Waals surface area contributed by atoms with Gasteiger partial charge in [0.2, 0.25) is 5.13 Å². The first kappa shape index (κ1) is 13.8. The molecule has 0 aliphatic carbocycles. The predicted molar refractivity (Wildman–Crippen MR) is 81.6 cm³/mol. The van der Waals surface area contributed by atoms with Crippen LogP contribution in [0.5, 0.6) is 0 Å². The number of rotatable bonds is 4. The number of nitrogens with zero attached hydrogens (tertiary/aromatic N) is 3. The van der Waals surface area contributed by atoms with E-state index in [1.807, 2.05) is 24.3 Å². The molecule has 0 radical (unpaired) electrons. The molecule has 2 aromatic rings. The van der Waals surface area contributed by atoms with Crippen molar-refractivity contribution in [1.82, 2.24) is 10.2 Å². The molecule has 1 unspecified atom stereocenters. The zero-order chi connectivity index (χ0) is 13.9. The Morgan fingerprint density at radius 3 is 2.80 bits per heavy atom. The fourth-order valence-corrected chi connectivity index (χ4v) is 3.41. The largest absolute Gasteiger partial charge is 0.396 e. The summed E-state index contributed by atoms with van der Waals surface area (Å²) in [4.78, 5) is 2.21. The molecule has 0 saturated carbocycles. The van der Waals surface area contributed by atoms with Crippen LogP contribution in [0.2, 0.25) is 5.02 Å². The van der Waals surface area contributed by atoms with E-state index in [4.69, 9.17) is 11.6 Å². The maximum absolute atomic E-state index is 9.18. The van der Waals surface area contributed by atoms with Gasteiger partial charge < -0.3 is 10.0 Å². The molecule has 0 spiro atoms. The van der Waals surface area contributed by atoms with Gasteiger partial charge in [-0.05, 0) is 24.1 Å². The normalized spacial score (nSPS) is 18.7. The summed E-state index contributed by atoms with van der Waals surface area (Å²) in [6.45, 7) is 2.10. The van der Waals surface area contributed by atoms with Crippen LogP contribution >= 0.6 is 22.9 Å². The van der Waals surface area contributed by atoms with E-state index in [2.05, 4.69) is 15.1 Å². The SMILES string of the molecule is OCC1CCN(c2nnc(Cc3ccc(Cl)cc3)s2)C1. The summed E-state index contributed by atoms with van der Waals surface area (Å²) in [5.74, 6) is 0.374. The van der Waals surface area contributed by atoms with Crippen molar-refractivity contribution in [2.45, 2.75) is 12.8 Å². The molecule has 4 nitrogen and oxygen atoms in total. The Hall–Kier alpha value is -1.17. The van der Waals surface area contributed by atoms with Crippen molar-refractivity contribution in [2.75, 3.05) is 24.6 Å². The second kappa shape index (κ2) is 6.08. The zero-order valence-corrected chi connectivity index (χ0v) is 12.6. The standard InChI is InChI=1S/C14H16ClN3OS/c15-12-3-1-10(2-4-12)7-13-16-17-14(20-13)18-6-5-11(8-18)9-19/h1-4,11,19H,5-9H2. The molecule has 1 aromatic carbocycles. The average Bonchev–Trinajstić information content (AvgIpc) is 3.10. The van der Waals surface area contributed by atoms with Gasteiger partial charge in [-0.1, -0.05) is 35.1 Å². The van der Waals surface area contributed by atoms with Crippen molar-refractivity contribution in [1.29, 1.82) is 0 Å². The minimum atomic E-state index is 0.257. The molecule has 0 bridgehead atoms. The minimum absolute atomic E-state index is 0.257. The lowest BCUT2D eigenvalue weighted by atomic mass is 10.1. The Labute approximate surface area is 127 Å². The van der Waals surface area contributed by atoms with E-state index >= 15 is 0 Å². The van der Waals surface area contributed by atoms with Gasteiger partial charge in [-0.3, -0.25) is 0 Å². The molecule has 6 heteroatoms. The summed E-state index contributed by atoms with van der Waals surface area (Å²) in [5.41, 5.74) is 1.19. The van der Waals surface area contributed by atoms with E-state index < -0.39 is 0 Å². The van der Waals surface area contributed by atoms with Crippen LogP contribution in [0, 0.1) is 5.92 Å². The van der Waals surface area contributed by atoms with E-state index in [-0.39, 0.29) is 6.61 Å². The third kappa shape index (κ3) is 3.11. The quantitative estimate of drug-likeness (QED) is 0.943. The van der Waals surface area contributed by atoms with Gasteiger partial charge in [0.15, 0.2) is 0 Å². The molecule has 2 heterocycles. The Morgan fingerprint density at radius 2 is 2.10 bits per heavy atom. The summed E-state index contributed by atoms with van der Waals surface area (Å²) in [6, 6.07) is 7.82. The van der Waals surface area contributed by atoms with Crippen molar-refractivity contribution in [3.8, 4) is 0 Å². The second-order valence-electron chi connectivity index (χ2n) is 5.06. The molecule has 1 fully saturated rings. The molecule has 20 heavy (non-hydrogen) atoms. The lowest BCUT2D eigenvalue weighted by Gasteiger charge is -2.12. The third-order valence-corrected chi connectivity index (χ3v) is 4.78. The zero-order valence-electron chi connectivity index (χ0n) is 11.0. The van der Waals surface area contributed by atoms with Crippen LogP contribution < -0.4 is 4.90 Å². The van der Waals surface area contributed by atoms with Gasteiger partial charge in [0.05, 0.1) is 0 Å². The highest BCUT2D eigenvalue weighted by atomic mass is 35.5. The van der Waals surface area contributed by atoms with E-state index in [1.54, 1.807) is 11.3 Å². The average molecular weight is 310 g/mol. The predicted octanol–water partition coefficient (Wildman–Crippen LogP) is 2.60. The van der Waals surface area contributed by atoms with E-state index in [1.165, 1.54) is 5.56 Å². The van der Waals surface area contributed by atoms with Crippen molar-refractivity contribution in [3.05, 3.63) is 39.9 Å². The second-order valence-corrected chi connectivity index (χ2v) is 6.54. The van der Waals surface area contributed by atoms with Gasteiger partial charge in [0, 0.05) is 37.1 Å². The van der Waals surface area contributed by atoms with Gasteiger partial charge in [0.25, 0.3) is 0 Å². The highest BCUT2D eigenvalue weighted by molar-refractivity contribution is 7.15. The number of halogens is 1. The maximum Gasteiger partial charge on any atom is 0.208 e. The van der Waals surface area contributed by atoms with Gasteiger partial charge in [-0.2, -0.15) is 0 Å². The molecule has 1 saturated heterocycles. The Morgan fingerprint density at radius 1 is 1.30 bits per heavy atom. The van der Waals surface area contributed by atoms with E-state index in [0.29, 0.717) is 5.92 Å².